The molecule has 138 valence electrons. The van der Waals surface area contributed by atoms with Gasteiger partial charge in [-0.25, -0.2) is 14.4 Å². The minimum absolute atomic E-state index is 0.177. The van der Waals surface area contributed by atoms with Crippen LogP contribution in [0.5, 0.6) is 0 Å². The van der Waals surface area contributed by atoms with Crippen molar-refractivity contribution >= 4 is 23.6 Å². The van der Waals surface area contributed by atoms with Gasteiger partial charge in [-0.1, -0.05) is 12.1 Å². The molecule has 0 aliphatic carbocycles. The number of nitrogens with one attached hydrogen (secondary N) is 2. The monoisotopic (exact) mass is 386 g/mol. The maximum atomic E-state index is 13.6. The van der Waals surface area contributed by atoms with Gasteiger partial charge in [-0.05, 0) is 37.4 Å². The molecule has 0 radical (unpaired) electrons. The van der Waals surface area contributed by atoms with Crippen LogP contribution >= 0.6 is 11.8 Å². The van der Waals surface area contributed by atoms with Crippen molar-refractivity contribution in [3.63, 3.8) is 0 Å². The molecule has 0 saturated heterocycles. The minimum atomic E-state index is -0.766. The first kappa shape index (κ1) is 18.6. The van der Waals surface area contributed by atoms with Crippen LogP contribution in [0.4, 0.5) is 4.39 Å². The number of aromatic nitrogens is 2. The van der Waals surface area contributed by atoms with E-state index in [1.165, 1.54) is 36.2 Å². The van der Waals surface area contributed by atoms with Crippen molar-refractivity contribution in [2.24, 2.45) is 0 Å². The molecule has 0 atom stereocenters. The maximum Gasteiger partial charge on any atom is 0.274 e. The van der Waals surface area contributed by atoms with Gasteiger partial charge < -0.3 is 4.42 Å². The number of hydrogen-bond acceptors (Lipinski definition) is 6. The Labute approximate surface area is 158 Å². The van der Waals surface area contributed by atoms with Crippen LogP contribution in [-0.2, 0) is 0 Å². The molecule has 2 amide bonds. The molecule has 0 saturated carbocycles. The van der Waals surface area contributed by atoms with Crippen LogP contribution in [-0.4, -0.2) is 28.0 Å². The second kappa shape index (κ2) is 8.00. The fraction of sp³-hybridized carbons (Fsp3) is 0.111. The predicted molar refractivity (Wildman–Crippen MR) is 97.6 cm³/mol. The van der Waals surface area contributed by atoms with Crippen LogP contribution in [0.15, 0.2) is 52.1 Å². The van der Waals surface area contributed by atoms with Crippen molar-refractivity contribution in [3.05, 3.63) is 65.3 Å². The van der Waals surface area contributed by atoms with Gasteiger partial charge in [0.25, 0.3) is 11.8 Å². The first-order chi connectivity index (χ1) is 13.0. The zero-order valence-corrected chi connectivity index (χ0v) is 15.3. The minimum Gasteiger partial charge on any atom is -0.461 e. The van der Waals surface area contributed by atoms with Gasteiger partial charge in [0.1, 0.15) is 10.8 Å². The topological polar surface area (TPSA) is 97.1 Å². The first-order valence-electron chi connectivity index (χ1n) is 7.83. The maximum absolute atomic E-state index is 13.6. The molecular formula is C18H15FN4O3S. The summed E-state index contributed by atoms with van der Waals surface area (Å²) >= 11 is 1.26. The van der Waals surface area contributed by atoms with Crippen LogP contribution in [0.3, 0.4) is 0 Å². The summed E-state index contributed by atoms with van der Waals surface area (Å²) in [7, 11) is 0. The lowest BCUT2D eigenvalue weighted by molar-refractivity contribution is 0.0841. The molecular weight excluding hydrogens is 371 g/mol. The van der Waals surface area contributed by atoms with Crippen molar-refractivity contribution in [2.75, 3.05) is 6.26 Å². The lowest BCUT2D eigenvalue weighted by atomic mass is 10.2. The molecule has 27 heavy (non-hydrogen) atoms. The van der Waals surface area contributed by atoms with Gasteiger partial charge in [0.15, 0.2) is 11.6 Å². The standard InChI is InChI=1S/C18H15FN4O3S/c1-10-14(18(27-2)21-15(20-10)13-8-5-9-26-13)17(25)23-22-16(24)11-6-3-4-7-12(11)19/h3-9H,1-2H3,(H,22,24)(H,23,25). The van der Waals surface area contributed by atoms with Gasteiger partial charge in [-0.2, -0.15) is 0 Å². The molecule has 0 aliphatic heterocycles. The lowest BCUT2D eigenvalue weighted by Gasteiger charge is -2.12. The average molecular weight is 386 g/mol. The van der Waals surface area contributed by atoms with E-state index in [9.17, 15) is 14.0 Å². The van der Waals surface area contributed by atoms with Crippen molar-refractivity contribution in [1.29, 1.82) is 0 Å². The van der Waals surface area contributed by atoms with E-state index in [1.54, 1.807) is 25.3 Å². The lowest BCUT2D eigenvalue weighted by Crippen LogP contribution is -2.42. The Hall–Kier alpha value is -3.20. The van der Waals surface area contributed by atoms with E-state index in [2.05, 4.69) is 20.8 Å². The quantitative estimate of drug-likeness (QED) is 0.406. The average Bonchev–Trinajstić information content (AvgIpc) is 3.20. The third-order valence-corrected chi connectivity index (χ3v) is 4.31. The van der Waals surface area contributed by atoms with E-state index < -0.39 is 17.6 Å². The van der Waals surface area contributed by atoms with Gasteiger partial charge in [-0.3, -0.25) is 20.4 Å². The summed E-state index contributed by atoms with van der Waals surface area (Å²) in [5.41, 5.74) is 4.92. The molecule has 2 aromatic heterocycles. The number of rotatable bonds is 4. The zero-order valence-electron chi connectivity index (χ0n) is 14.4. The highest BCUT2D eigenvalue weighted by atomic mass is 32.2. The van der Waals surface area contributed by atoms with E-state index >= 15 is 0 Å². The molecule has 0 bridgehead atoms. The Morgan fingerprint density at radius 2 is 1.81 bits per heavy atom. The number of hydrogen-bond donors (Lipinski definition) is 2. The Balaban J connectivity index is 1.80. The number of halogens is 1. The van der Waals surface area contributed by atoms with Gasteiger partial charge in [-0.15, -0.1) is 11.8 Å². The van der Waals surface area contributed by atoms with Crippen LogP contribution < -0.4 is 10.9 Å². The van der Waals surface area contributed by atoms with Gasteiger partial charge >= 0.3 is 0 Å². The number of carbonyl (C=O) groups excluding carboxylic acids is 2. The summed E-state index contributed by atoms with van der Waals surface area (Å²) < 4.78 is 18.9. The number of aryl methyl sites for hydroxylation is 1. The highest BCUT2D eigenvalue weighted by Gasteiger charge is 2.21. The van der Waals surface area contributed by atoms with E-state index in [0.717, 1.165) is 6.07 Å². The largest absolute Gasteiger partial charge is 0.461 e. The fourth-order valence-electron chi connectivity index (χ4n) is 2.36. The van der Waals surface area contributed by atoms with E-state index in [0.29, 0.717) is 22.3 Å². The summed E-state index contributed by atoms with van der Waals surface area (Å²) in [6.45, 7) is 1.65. The van der Waals surface area contributed by atoms with Gasteiger partial charge in [0.2, 0.25) is 0 Å². The summed E-state index contributed by atoms with van der Waals surface area (Å²) in [5.74, 6) is -1.22. The third kappa shape index (κ3) is 3.98. The first-order valence-corrected chi connectivity index (χ1v) is 9.05. The summed E-state index contributed by atoms with van der Waals surface area (Å²) in [6.07, 6.45) is 3.27. The Morgan fingerprint density at radius 1 is 1.07 bits per heavy atom. The van der Waals surface area contributed by atoms with E-state index in [-0.39, 0.29) is 11.1 Å². The number of furan rings is 1. The molecule has 0 unspecified atom stereocenters. The number of amides is 2. The Morgan fingerprint density at radius 3 is 2.48 bits per heavy atom. The molecule has 3 rings (SSSR count). The van der Waals surface area contributed by atoms with Crippen molar-refractivity contribution in [2.45, 2.75) is 11.9 Å². The molecule has 1 aromatic carbocycles. The zero-order chi connectivity index (χ0) is 19.4. The summed E-state index contributed by atoms with van der Waals surface area (Å²) in [4.78, 5) is 33.2. The van der Waals surface area contributed by atoms with Crippen LogP contribution in [0.1, 0.15) is 26.4 Å². The SMILES string of the molecule is CSc1nc(-c2ccco2)nc(C)c1C(=O)NNC(=O)c1ccccc1F. The van der Waals surface area contributed by atoms with Crippen molar-refractivity contribution < 1.29 is 18.4 Å². The third-order valence-electron chi connectivity index (χ3n) is 3.63. The number of hydrazine groups is 1. The number of carbonyl (C=O) groups is 2. The number of benzene rings is 1. The van der Waals surface area contributed by atoms with Gasteiger partial charge in [0, 0.05) is 0 Å². The highest BCUT2D eigenvalue weighted by molar-refractivity contribution is 7.98. The number of thioether (sulfide) groups is 1. The second-order valence-electron chi connectivity index (χ2n) is 5.38. The molecule has 0 aliphatic rings. The summed E-state index contributed by atoms with van der Waals surface area (Å²) in [5, 5.41) is 0.423. The smallest absolute Gasteiger partial charge is 0.274 e. The van der Waals surface area contributed by atoms with Crippen molar-refractivity contribution in [1.82, 2.24) is 20.8 Å². The number of nitrogens with zero attached hydrogens (tertiary/aromatic N) is 2. The molecule has 2 heterocycles. The fourth-order valence-corrected chi connectivity index (χ4v) is 2.98. The summed E-state index contributed by atoms with van der Waals surface area (Å²) in [6, 6.07) is 8.90. The molecule has 0 fully saturated rings. The molecule has 7 nitrogen and oxygen atoms in total. The van der Waals surface area contributed by atoms with Crippen molar-refractivity contribution in [3.8, 4) is 11.6 Å². The van der Waals surface area contributed by atoms with E-state index in [4.69, 9.17) is 4.42 Å². The Kier molecular flexibility index (Phi) is 5.51. The predicted octanol–water partition coefficient (Wildman–Crippen LogP) is 2.98. The van der Waals surface area contributed by atoms with E-state index in [1.807, 2.05) is 0 Å². The van der Waals surface area contributed by atoms with Crippen LogP contribution in [0.2, 0.25) is 0 Å². The normalized spacial score (nSPS) is 10.5. The second-order valence-corrected chi connectivity index (χ2v) is 6.18. The molecule has 0 spiro atoms. The van der Waals surface area contributed by atoms with Crippen LogP contribution in [0.25, 0.3) is 11.6 Å². The highest BCUT2D eigenvalue weighted by Crippen LogP contribution is 2.24. The molecule has 9 heteroatoms. The van der Waals surface area contributed by atoms with Gasteiger partial charge in [0.05, 0.1) is 23.1 Å². The molecule has 2 N–H and O–H groups in total. The molecule has 3 aromatic rings. The Bertz CT molecular complexity index is 992. The van der Waals surface area contributed by atoms with Crippen LogP contribution in [0, 0.1) is 12.7 Å².